The fourth-order valence-corrected chi connectivity index (χ4v) is 4.39. The first-order valence-electron chi connectivity index (χ1n) is 9.71. The van der Waals surface area contributed by atoms with Crippen LogP contribution in [-0.4, -0.2) is 29.7 Å². The second kappa shape index (κ2) is 7.64. The average Bonchev–Trinajstić information content (AvgIpc) is 2.67. The number of hydrogen-bond donors (Lipinski definition) is 0. The van der Waals surface area contributed by atoms with E-state index in [0.29, 0.717) is 25.9 Å². The first-order valence-corrected chi connectivity index (χ1v) is 9.71. The SMILES string of the molecule is CC1(C(=O)N2CCCC(C(=O)c3cccc(C(F)(F)F)c3)C2)CCCCC1. The fourth-order valence-electron chi connectivity index (χ4n) is 4.39. The van der Waals surface area contributed by atoms with Gasteiger partial charge >= 0.3 is 6.18 Å². The first kappa shape index (κ1) is 19.9. The van der Waals surface area contributed by atoms with Gasteiger partial charge in [-0.25, -0.2) is 0 Å². The Morgan fingerprint density at radius 1 is 1.11 bits per heavy atom. The third-order valence-electron chi connectivity index (χ3n) is 6.03. The number of alkyl halides is 3. The minimum atomic E-state index is -4.47. The molecule has 0 N–H and O–H groups in total. The highest BCUT2D eigenvalue weighted by Crippen LogP contribution is 2.38. The molecule has 2 aliphatic rings. The summed E-state index contributed by atoms with van der Waals surface area (Å²) >= 11 is 0. The predicted octanol–water partition coefficient (Wildman–Crippen LogP) is 5.10. The standard InChI is InChI=1S/C21H26F3NO2/c1-20(10-3-2-4-11-20)19(27)25-12-6-8-16(14-25)18(26)15-7-5-9-17(13-15)21(22,23)24/h5,7,9,13,16H,2-4,6,8,10-12,14H2,1H3. The topological polar surface area (TPSA) is 37.4 Å². The number of amides is 1. The fraction of sp³-hybridized carbons (Fsp3) is 0.619. The lowest BCUT2D eigenvalue weighted by atomic mass is 9.74. The summed E-state index contributed by atoms with van der Waals surface area (Å²) in [6.45, 7) is 2.94. The minimum absolute atomic E-state index is 0.0769. The van der Waals surface area contributed by atoms with Crippen LogP contribution in [0.5, 0.6) is 0 Å². The Balaban J connectivity index is 1.72. The van der Waals surface area contributed by atoms with E-state index in [1.54, 1.807) is 4.90 Å². The maximum atomic E-state index is 13.0. The number of ketones is 1. The van der Waals surface area contributed by atoms with E-state index >= 15 is 0 Å². The van der Waals surface area contributed by atoms with E-state index in [4.69, 9.17) is 0 Å². The number of halogens is 3. The molecule has 1 atom stereocenters. The molecule has 0 spiro atoms. The molecule has 1 heterocycles. The predicted molar refractivity (Wildman–Crippen MR) is 96.3 cm³/mol. The van der Waals surface area contributed by atoms with Gasteiger partial charge in [-0.15, -0.1) is 0 Å². The van der Waals surface area contributed by atoms with Gasteiger partial charge in [0.25, 0.3) is 0 Å². The molecule has 148 valence electrons. The highest BCUT2D eigenvalue weighted by atomic mass is 19.4. The van der Waals surface area contributed by atoms with Crippen molar-refractivity contribution in [3.63, 3.8) is 0 Å². The lowest BCUT2D eigenvalue weighted by Gasteiger charge is -2.40. The molecular formula is C21H26F3NO2. The zero-order valence-electron chi connectivity index (χ0n) is 15.6. The Hall–Kier alpha value is -1.85. The van der Waals surface area contributed by atoms with Gasteiger partial charge in [-0.3, -0.25) is 9.59 Å². The van der Waals surface area contributed by atoms with Crippen LogP contribution in [0.4, 0.5) is 13.2 Å². The van der Waals surface area contributed by atoms with E-state index in [1.807, 2.05) is 6.92 Å². The highest BCUT2D eigenvalue weighted by molar-refractivity contribution is 5.98. The van der Waals surface area contributed by atoms with E-state index in [0.717, 1.165) is 44.2 Å². The van der Waals surface area contributed by atoms with Gasteiger partial charge in [0.05, 0.1) is 5.56 Å². The van der Waals surface area contributed by atoms with Gasteiger partial charge in [0.1, 0.15) is 0 Å². The molecule has 3 rings (SSSR count). The van der Waals surface area contributed by atoms with E-state index in [-0.39, 0.29) is 22.7 Å². The summed E-state index contributed by atoms with van der Waals surface area (Å²) in [5.74, 6) is -0.630. The van der Waals surface area contributed by atoms with Crippen molar-refractivity contribution in [2.45, 2.75) is 58.0 Å². The lowest BCUT2D eigenvalue weighted by Crippen LogP contribution is -2.49. The minimum Gasteiger partial charge on any atom is -0.341 e. The van der Waals surface area contributed by atoms with E-state index in [1.165, 1.54) is 12.1 Å². The van der Waals surface area contributed by atoms with Crippen molar-refractivity contribution in [3.05, 3.63) is 35.4 Å². The van der Waals surface area contributed by atoms with Crippen molar-refractivity contribution in [2.75, 3.05) is 13.1 Å². The molecule has 2 fully saturated rings. The zero-order chi connectivity index (χ0) is 19.7. The van der Waals surface area contributed by atoms with Gasteiger partial charge in [0.15, 0.2) is 5.78 Å². The summed E-state index contributed by atoms with van der Waals surface area (Å²) < 4.78 is 38.8. The van der Waals surface area contributed by atoms with Gasteiger partial charge < -0.3 is 4.90 Å². The van der Waals surface area contributed by atoms with Crippen LogP contribution in [0.15, 0.2) is 24.3 Å². The normalized spacial score (nSPS) is 23.1. The maximum absolute atomic E-state index is 13.0. The zero-order valence-corrected chi connectivity index (χ0v) is 15.6. The number of hydrogen-bond acceptors (Lipinski definition) is 2. The number of likely N-dealkylation sites (tertiary alicyclic amines) is 1. The Morgan fingerprint density at radius 2 is 1.81 bits per heavy atom. The molecule has 1 aliphatic carbocycles. The molecule has 1 amide bonds. The van der Waals surface area contributed by atoms with Crippen LogP contribution >= 0.6 is 0 Å². The molecule has 1 saturated carbocycles. The summed E-state index contributed by atoms with van der Waals surface area (Å²) in [4.78, 5) is 27.6. The van der Waals surface area contributed by atoms with Gasteiger partial charge in [-0.1, -0.05) is 38.3 Å². The van der Waals surface area contributed by atoms with Gasteiger partial charge in [0.2, 0.25) is 5.91 Å². The van der Waals surface area contributed by atoms with E-state index in [2.05, 4.69) is 0 Å². The molecule has 1 unspecified atom stereocenters. The van der Waals surface area contributed by atoms with Crippen molar-refractivity contribution >= 4 is 11.7 Å². The Labute approximate surface area is 157 Å². The smallest absolute Gasteiger partial charge is 0.341 e. The largest absolute Gasteiger partial charge is 0.416 e. The quantitative estimate of drug-likeness (QED) is 0.684. The summed E-state index contributed by atoms with van der Waals surface area (Å²) in [7, 11) is 0. The molecular weight excluding hydrogens is 355 g/mol. The number of piperidine rings is 1. The van der Waals surface area contributed by atoms with Crippen molar-refractivity contribution in [1.29, 1.82) is 0 Å². The monoisotopic (exact) mass is 381 g/mol. The molecule has 27 heavy (non-hydrogen) atoms. The summed E-state index contributed by atoms with van der Waals surface area (Å²) in [5, 5.41) is 0. The lowest BCUT2D eigenvalue weighted by molar-refractivity contribution is -0.144. The Morgan fingerprint density at radius 3 is 2.48 bits per heavy atom. The second-order valence-corrected chi connectivity index (χ2v) is 8.15. The molecule has 1 aliphatic heterocycles. The number of carbonyl (C=O) groups excluding carboxylic acids is 2. The van der Waals surface area contributed by atoms with Gasteiger partial charge in [-0.2, -0.15) is 13.2 Å². The molecule has 6 heteroatoms. The van der Waals surface area contributed by atoms with Gasteiger partial charge in [-0.05, 0) is 37.8 Å². The number of Topliss-reactive ketones (excluding diaryl/α,β-unsaturated/α-hetero) is 1. The van der Waals surface area contributed by atoms with Crippen LogP contribution in [0, 0.1) is 11.3 Å². The van der Waals surface area contributed by atoms with E-state index in [9.17, 15) is 22.8 Å². The number of rotatable bonds is 3. The van der Waals surface area contributed by atoms with Gasteiger partial charge in [0, 0.05) is 30.0 Å². The molecule has 0 aromatic heterocycles. The molecule has 0 radical (unpaired) electrons. The number of carbonyl (C=O) groups is 2. The van der Waals surface area contributed by atoms with E-state index < -0.39 is 17.7 Å². The number of nitrogens with zero attached hydrogens (tertiary/aromatic N) is 1. The first-order chi connectivity index (χ1) is 12.7. The van der Waals surface area contributed by atoms with Crippen molar-refractivity contribution in [2.24, 2.45) is 11.3 Å². The Kier molecular flexibility index (Phi) is 5.63. The number of benzene rings is 1. The average molecular weight is 381 g/mol. The van der Waals surface area contributed by atoms with Crippen molar-refractivity contribution in [3.8, 4) is 0 Å². The van der Waals surface area contributed by atoms with Crippen molar-refractivity contribution in [1.82, 2.24) is 4.90 Å². The molecule has 1 saturated heterocycles. The molecule has 1 aromatic rings. The van der Waals surface area contributed by atoms with Crippen molar-refractivity contribution < 1.29 is 22.8 Å². The Bertz CT molecular complexity index is 708. The summed E-state index contributed by atoms with van der Waals surface area (Å²) in [5.41, 5.74) is -1.10. The van der Waals surface area contributed by atoms with Crippen LogP contribution in [0.2, 0.25) is 0 Å². The third kappa shape index (κ3) is 4.36. The summed E-state index contributed by atoms with van der Waals surface area (Å²) in [6, 6.07) is 4.59. The molecule has 1 aromatic carbocycles. The molecule has 0 bridgehead atoms. The van der Waals surface area contributed by atoms with Crippen LogP contribution in [-0.2, 0) is 11.0 Å². The van der Waals surface area contributed by atoms with Crippen LogP contribution in [0.3, 0.4) is 0 Å². The highest BCUT2D eigenvalue weighted by Gasteiger charge is 2.40. The second-order valence-electron chi connectivity index (χ2n) is 8.15. The summed E-state index contributed by atoms with van der Waals surface area (Å²) in [6.07, 6.45) is 1.82. The maximum Gasteiger partial charge on any atom is 0.416 e. The van der Waals surface area contributed by atoms with Crippen LogP contribution in [0.1, 0.15) is 67.8 Å². The van der Waals surface area contributed by atoms with Crippen LogP contribution < -0.4 is 0 Å². The van der Waals surface area contributed by atoms with Crippen LogP contribution in [0.25, 0.3) is 0 Å². The molecule has 3 nitrogen and oxygen atoms in total. The third-order valence-corrected chi connectivity index (χ3v) is 6.03.